The maximum Gasteiger partial charge on any atom is 0.119 e. The van der Waals surface area contributed by atoms with Crippen LogP contribution in [0.15, 0.2) is 84.0 Å². The van der Waals surface area contributed by atoms with Crippen molar-refractivity contribution in [3.8, 4) is 11.5 Å². The van der Waals surface area contributed by atoms with Crippen LogP contribution in [0.2, 0.25) is 0 Å². The molecule has 2 aromatic rings. The number of aromatic hydroxyl groups is 1. The highest BCUT2D eigenvalue weighted by atomic mass is 16.5. The number of ether oxygens (including phenoxy) is 2. The lowest BCUT2D eigenvalue weighted by Gasteiger charge is -2.18. The summed E-state index contributed by atoms with van der Waals surface area (Å²) in [5, 5.41) is 9.71. The molecule has 1 aliphatic rings. The fourth-order valence-corrected chi connectivity index (χ4v) is 3.61. The van der Waals surface area contributed by atoms with Crippen LogP contribution in [0.5, 0.6) is 11.5 Å². The molecule has 1 unspecified atom stereocenters. The first-order valence-electron chi connectivity index (χ1n) is 10.3. The zero-order valence-electron chi connectivity index (χ0n) is 17.1. The van der Waals surface area contributed by atoms with Crippen molar-refractivity contribution in [1.82, 2.24) is 0 Å². The molecule has 0 fully saturated rings. The predicted octanol–water partition coefficient (Wildman–Crippen LogP) is 6.32. The largest absolute Gasteiger partial charge is 0.508 e. The smallest absolute Gasteiger partial charge is 0.119 e. The van der Waals surface area contributed by atoms with E-state index in [1.807, 2.05) is 42.5 Å². The quantitative estimate of drug-likeness (QED) is 0.516. The molecule has 0 spiro atoms. The van der Waals surface area contributed by atoms with Crippen LogP contribution in [0, 0.1) is 0 Å². The van der Waals surface area contributed by atoms with E-state index in [1.54, 1.807) is 12.1 Å². The molecule has 3 heteroatoms. The van der Waals surface area contributed by atoms with Gasteiger partial charge in [0.1, 0.15) is 18.1 Å². The SMILES string of the molecule is C=C(COc1ccccc1)C1=CCOC1CC/C(=C/c1cccc(O)c1)CCC. The van der Waals surface area contributed by atoms with E-state index in [-0.39, 0.29) is 6.10 Å². The Hall–Kier alpha value is -2.78. The number of phenols is 1. The number of phenolic OH excluding ortho intramolecular Hbond substituents is 1. The Bertz CT molecular complexity index is 865. The molecule has 0 radical (unpaired) electrons. The fourth-order valence-electron chi connectivity index (χ4n) is 3.61. The third kappa shape index (κ3) is 6.37. The van der Waals surface area contributed by atoms with Gasteiger partial charge in [-0.05, 0) is 60.2 Å². The molecule has 1 atom stereocenters. The van der Waals surface area contributed by atoms with Crippen molar-refractivity contribution in [2.45, 2.75) is 38.7 Å². The summed E-state index contributed by atoms with van der Waals surface area (Å²) in [5.74, 6) is 1.15. The minimum atomic E-state index is 0.0614. The van der Waals surface area contributed by atoms with Crippen molar-refractivity contribution in [3.05, 3.63) is 89.5 Å². The van der Waals surface area contributed by atoms with E-state index in [0.717, 1.165) is 48.1 Å². The summed E-state index contributed by atoms with van der Waals surface area (Å²) in [6.07, 6.45) is 8.38. The molecule has 0 amide bonds. The minimum absolute atomic E-state index is 0.0614. The third-order valence-corrected chi connectivity index (χ3v) is 5.05. The highest BCUT2D eigenvalue weighted by Gasteiger charge is 2.22. The monoisotopic (exact) mass is 390 g/mol. The molecular formula is C26H30O3. The van der Waals surface area contributed by atoms with Gasteiger partial charge in [0.25, 0.3) is 0 Å². The van der Waals surface area contributed by atoms with E-state index in [0.29, 0.717) is 19.0 Å². The van der Waals surface area contributed by atoms with Crippen molar-refractivity contribution in [3.63, 3.8) is 0 Å². The maximum atomic E-state index is 9.71. The second-order valence-corrected chi connectivity index (χ2v) is 7.37. The number of para-hydroxylation sites is 1. The van der Waals surface area contributed by atoms with Gasteiger partial charge < -0.3 is 14.6 Å². The Kier molecular flexibility index (Phi) is 7.71. The van der Waals surface area contributed by atoms with Crippen molar-refractivity contribution in [2.24, 2.45) is 0 Å². The standard InChI is InChI=1S/C26H30O3/c1-3-8-21(17-22-9-7-10-23(27)18-22)13-14-26-25(15-16-28-26)20(2)19-29-24-11-5-4-6-12-24/h4-7,9-12,15,17-18,26-27H,2-3,8,13-14,16,19H2,1H3/b21-17+. The first-order chi connectivity index (χ1) is 14.2. The van der Waals surface area contributed by atoms with E-state index in [1.165, 1.54) is 5.57 Å². The second kappa shape index (κ2) is 10.7. The summed E-state index contributed by atoms with van der Waals surface area (Å²) < 4.78 is 11.8. The summed E-state index contributed by atoms with van der Waals surface area (Å²) in [6, 6.07) is 17.2. The van der Waals surface area contributed by atoms with E-state index in [4.69, 9.17) is 9.47 Å². The highest BCUT2D eigenvalue weighted by molar-refractivity contribution is 5.54. The van der Waals surface area contributed by atoms with Gasteiger partial charge in [-0.3, -0.25) is 0 Å². The number of allylic oxidation sites excluding steroid dienone is 1. The van der Waals surface area contributed by atoms with Gasteiger partial charge in [-0.1, -0.05) is 68.0 Å². The molecule has 3 nitrogen and oxygen atoms in total. The number of hydrogen-bond acceptors (Lipinski definition) is 3. The van der Waals surface area contributed by atoms with Gasteiger partial charge in [-0.15, -0.1) is 0 Å². The third-order valence-electron chi connectivity index (χ3n) is 5.05. The van der Waals surface area contributed by atoms with Gasteiger partial charge in [0.2, 0.25) is 0 Å². The molecule has 1 N–H and O–H groups in total. The first-order valence-corrected chi connectivity index (χ1v) is 10.3. The normalized spacial score (nSPS) is 16.5. The van der Waals surface area contributed by atoms with Gasteiger partial charge >= 0.3 is 0 Å². The lowest BCUT2D eigenvalue weighted by molar-refractivity contribution is 0.116. The minimum Gasteiger partial charge on any atom is -0.508 e. The summed E-state index contributed by atoms with van der Waals surface area (Å²) in [6.45, 7) is 7.52. The van der Waals surface area contributed by atoms with Gasteiger partial charge in [0, 0.05) is 0 Å². The van der Waals surface area contributed by atoms with E-state index >= 15 is 0 Å². The van der Waals surface area contributed by atoms with Crippen molar-refractivity contribution < 1.29 is 14.6 Å². The highest BCUT2D eigenvalue weighted by Crippen LogP contribution is 2.28. The van der Waals surface area contributed by atoms with Crippen molar-refractivity contribution >= 4 is 6.08 Å². The summed E-state index contributed by atoms with van der Waals surface area (Å²) >= 11 is 0. The summed E-state index contributed by atoms with van der Waals surface area (Å²) in [7, 11) is 0. The molecule has 152 valence electrons. The zero-order valence-corrected chi connectivity index (χ0v) is 17.1. The summed E-state index contributed by atoms with van der Waals surface area (Å²) in [5.41, 5.74) is 4.55. The van der Waals surface area contributed by atoms with Crippen LogP contribution in [-0.4, -0.2) is 24.4 Å². The van der Waals surface area contributed by atoms with Gasteiger partial charge in [0.15, 0.2) is 0 Å². The molecule has 29 heavy (non-hydrogen) atoms. The topological polar surface area (TPSA) is 38.7 Å². The Labute approximate surface area is 174 Å². The zero-order chi connectivity index (χ0) is 20.5. The number of rotatable bonds is 10. The Balaban J connectivity index is 1.58. The van der Waals surface area contributed by atoms with E-state index in [2.05, 4.69) is 25.7 Å². The van der Waals surface area contributed by atoms with Crippen LogP contribution in [0.1, 0.15) is 38.2 Å². The van der Waals surface area contributed by atoms with E-state index in [9.17, 15) is 5.11 Å². The molecule has 3 rings (SSSR count). The molecule has 2 aromatic carbocycles. The first kappa shape index (κ1) is 20.9. The van der Waals surface area contributed by atoms with Crippen molar-refractivity contribution in [1.29, 1.82) is 0 Å². The average Bonchev–Trinajstić information content (AvgIpc) is 3.20. The lowest BCUT2D eigenvalue weighted by atomic mass is 9.95. The summed E-state index contributed by atoms with van der Waals surface area (Å²) in [4.78, 5) is 0. The van der Waals surface area contributed by atoms with Gasteiger partial charge in [-0.25, -0.2) is 0 Å². The van der Waals surface area contributed by atoms with E-state index < -0.39 is 0 Å². The number of hydrogen-bond donors (Lipinski definition) is 1. The molecule has 0 aromatic heterocycles. The Morgan fingerprint density at radius 1 is 1.17 bits per heavy atom. The molecule has 0 saturated carbocycles. The van der Waals surface area contributed by atoms with Crippen LogP contribution < -0.4 is 4.74 Å². The second-order valence-electron chi connectivity index (χ2n) is 7.37. The van der Waals surface area contributed by atoms with Crippen LogP contribution in [0.4, 0.5) is 0 Å². The maximum absolute atomic E-state index is 9.71. The molecule has 0 saturated heterocycles. The molecule has 1 aliphatic heterocycles. The average molecular weight is 391 g/mol. The lowest BCUT2D eigenvalue weighted by Crippen LogP contribution is -2.15. The Morgan fingerprint density at radius 2 is 2.00 bits per heavy atom. The van der Waals surface area contributed by atoms with Crippen LogP contribution in [0.3, 0.4) is 0 Å². The fraction of sp³-hybridized carbons (Fsp3) is 0.308. The molecular weight excluding hydrogens is 360 g/mol. The van der Waals surface area contributed by atoms with Crippen molar-refractivity contribution in [2.75, 3.05) is 13.2 Å². The Morgan fingerprint density at radius 3 is 2.76 bits per heavy atom. The van der Waals surface area contributed by atoms with Crippen LogP contribution in [0.25, 0.3) is 6.08 Å². The number of benzene rings is 2. The van der Waals surface area contributed by atoms with Gasteiger partial charge in [-0.2, -0.15) is 0 Å². The molecule has 0 aliphatic carbocycles. The van der Waals surface area contributed by atoms with Crippen LogP contribution >= 0.6 is 0 Å². The molecule has 1 heterocycles. The molecule has 0 bridgehead atoms. The predicted molar refractivity (Wildman–Crippen MR) is 119 cm³/mol. The van der Waals surface area contributed by atoms with Crippen LogP contribution in [-0.2, 0) is 4.74 Å². The van der Waals surface area contributed by atoms with Gasteiger partial charge in [0.05, 0.1) is 12.7 Å².